The zero-order valence-electron chi connectivity index (χ0n) is 11.2. The van der Waals surface area contributed by atoms with E-state index >= 15 is 0 Å². The Morgan fingerprint density at radius 3 is 3.06 bits per heavy atom. The summed E-state index contributed by atoms with van der Waals surface area (Å²) in [5, 5.41) is 0. The smallest absolute Gasteiger partial charge is 0.214 e. The zero-order chi connectivity index (χ0) is 13.2. The Balaban J connectivity index is 2.20. The van der Waals surface area contributed by atoms with Gasteiger partial charge < -0.3 is 20.1 Å². The molecule has 0 spiro atoms. The highest BCUT2D eigenvalue weighted by atomic mass is 16.5. The largest absolute Gasteiger partial charge is 0.481 e. The van der Waals surface area contributed by atoms with E-state index in [0.29, 0.717) is 12.4 Å². The highest BCUT2D eigenvalue weighted by Gasteiger charge is 2.32. The van der Waals surface area contributed by atoms with Crippen LogP contribution in [0, 0.1) is 0 Å². The fraction of sp³-hybridized carbons (Fsp3) is 0.615. The molecule has 1 aromatic rings. The molecule has 1 atom stereocenters. The van der Waals surface area contributed by atoms with Gasteiger partial charge in [-0.2, -0.15) is 0 Å². The molecule has 5 nitrogen and oxygen atoms in total. The average Bonchev–Trinajstić information content (AvgIpc) is 2.37. The van der Waals surface area contributed by atoms with Gasteiger partial charge in [0.2, 0.25) is 5.88 Å². The molecule has 1 fully saturated rings. The molecule has 2 rings (SSSR count). The summed E-state index contributed by atoms with van der Waals surface area (Å²) in [5.41, 5.74) is 6.63. The van der Waals surface area contributed by atoms with Gasteiger partial charge in [-0.05, 0) is 19.9 Å². The first-order valence-electron chi connectivity index (χ1n) is 6.17. The Morgan fingerprint density at radius 2 is 2.39 bits per heavy atom. The number of nitrogens with two attached hydrogens (primary N) is 1. The molecule has 0 bridgehead atoms. The summed E-state index contributed by atoms with van der Waals surface area (Å²) in [5.74, 6) is 0.626. The summed E-state index contributed by atoms with van der Waals surface area (Å²) >= 11 is 0. The predicted octanol–water partition coefficient (Wildman–Crippen LogP) is 1.03. The van der Waals surface area contributed by atoms with Crippen LogP contribution in [0.4, 0.5) is 5.69 Å². The molecule has 1 saturated heterocycles. The average molecular weight is 251 g/mol. The first kappa shape index (κ1) is 13.1. The minimum Gasteiger partial charge on any atom is -0.481 e. The van der Waals surface area contributed by atoms with Gasteiger partial charge in [0.05, 0.1) is 18.8 Å². The molecule has 0 amide bonds. The van der Waals surface area contributed by atoms with Crippen LogP contribution in [0.15, 0.2) is 18.3 Å². The Morgan fingerprint density at radius 1 is 1.61 bits per heavy atom. The Labute approximate surface area is 108 Å². The number of nitrogens with zero attached hydrogens (tertiary/aromatic N) is 2. The molecule has 0 aliphatic carbocycles. The second-order valence-electron chi connectivity index (χ2n) is 5.17. The first-order chi connectivity index (χ1) is 8.54. The van der Waals surface area contributed by atoms with Crippen molar-refractivity contribution in [3.05, 3.63) is 18.3 Å². The van der Waals surface area contributed by atoms with Gasteiger partial charge in [-0.25, -0.2) is 4.98 Å². The van der Waals surface area contributed by atoms with Gasteiger partial charge >= 0.3 is 0 Å². The van der Waals surface area contributed by atoms with E-state index in [9.17, 15) is 0 Å². The number of hydrogen-bond donors (Lipinski definition) is 1. The number of ether oxygens (including phenoxy) is 2. The fourth-order valence-electron chi connectivity index (χ4n) is 2.32. The molecule has 0 saturated carbocycles. The number of aromatic nitrogens is 1. The van der Waals surface area contributed by atoms with Gasteiger partial charge in [0.1, 0.15) is 0 Å². The monoisotopic (exact) mass is 251 g/mol. The van der Waals surface area contributed by atoms with Crippen molar-refractivity contribution < 1.29 is 9.47 Å². The quantitative estimate of drug-likeness (QED) is 0.869. The normalized spacial score (nSPS) is 22.9. The van der Waals surface area contributed by atoms with Crippen molar-refractivity contribution in [3.8, 4) is 5.88 Å². The Kier molecular flexibility index (Phi) is 3.73. The van der Waals surface area contributed by atoms with Crippen molar-refractivity contribution in [1.29, 1.82) is 0 Å². The number of rotatable bonds is 3. The molecule has 5 heteroatoms. The standard InChI is InChI=1S/C13H21N3O2/c1-13(2)9-16(8-11(7-14)18-13)10-4-5-15-12(6-10)17-3/h4-6,11H,7-9,14H2,1-3H3. The molecule has 0 radical (unpaired) electrons. The maximum absolute atomic E-state index is 5.92. The van der Waals surface area contributed by atoms with E-state index in [1.165, 1.54) is 0 Å². The summed E-state index contributed by atoms with van der Waals surface area (Å²) in [4.78, 5) is 6.39. The number of methoxy groups -OCH3 is 1. The molecule has 2 N–H and O–H groups in total. The molecule has 1 aliphatic heterocycles. The number of pyridine rings is 1. The van der Waals surface area contributed by atoms with Crippen LogP contribution in [0.3, 0.4) is 0 Å². The SMILES string of the molecule is COc1cc(N2CC(CN)OC(C)(C)C2)ccn1. The molecule has 2 heterocycles. The highest BCUT2D eigenvalue weighted by molar-refractivity contribution is 5.49. The van der Waals surface area contributed by atoms with Gasteiger partial charge in [-0.15, -0.1) is 0 Å². The van der Waals surface area contributed by atoms with Crippen LogP contribution in [0.2, 0.25) is 0 Å². The molecule has 1 aromatic heterocycles. The molecule has 100 valence electrons. The Bertz CT molecular complexity index is 409. The third-order valence-corrected chi connectivity index (χ3v) is 3.04. The number of morpholine rings is 1. The fourth-order valence-corrected chi connectivity index (χ4v) is 2.32. The summed E-state index contributed by atoms with van der Waals surface area (Å²) in [6.07, 6.45) is 1.82. The van der Waals surface area contributed by atoms with Gasteiger partial charge in [-0.3, -0.25) is 0 Å². The van der Waals surface area contributed by atoms with E-state index in [1.54, 1.807) is 13.3 Å². The van der Waals surface area contributed by atoms with Crippen LogP contribution >= 0.6 is 0 Å². The lowest BCUT2D eigenvalue weighted by molar-refractivity contribution is -0.0788. The van der Waals surface area contributed by atoms with Crippen molar-refractivity contribution in [2.75, 3.05) is 31.6 Å². The lowest BCUT2D eigenvalue weighted by atomic mass is 10.0. The summed E-state index contributed by atoms with van der Waals surface area (Å²) < 4.78 is 11.1. The third kappa shape index (κ3) is 2.91. The summed E-state index contributed by atoms with van der Waals surface area (Å²) in [6.45, 7) is 6.33. The van der Waals surface area contributed by atoms with E-state index in [0.717, 1.165) is 18.8 Å². The molecule has 1 aliphatic rings. The van der Waals surface area contributed by atoms with Crippen LogP contribution in [-0.2, 0) is 4.74 Å². The van der Waals surface area contributed by atoms with E-state index in [1.807, 2.05) is 12.1 Å². The number of hydrogen-bond acceptors (Lipinski definition) is 5. The molecule has 1 unspecified atom stereocenters. The van der Waals surface area contributed by atoms with Crippen molar-refractivity contribution in [2.24, 2.45) is 5.73 Å². The maximum Gasteiger partial charge on any atom is 0.214 e. The van der Waals surface area contributed by atoms with E-state index in [-0.39, 0.29) is 11.7 Å². The number of anilines is 1. The second-order valence-corrected chi connectivity index (χ2v) is 5.17. The third-order valence-electron chi connectivity index (χ3n) is 3.04. The van der Waals surface area contributed by atoms with Crippen LogP contribution in [0.5, 0.6) is 5.88 Å². The van der Waals surface area contributed by atoms with Gasteiger partial charge in [0.25, 0.3) is 0 Å². The van der Waals surface area contributed by atoms with Crippen molar-refractivity contribution in [2.45, 2.75) is 25.6 Å². The highest BCUT2D eigenvalue weighted by Crippen LogP contribution is 2.27. The lowest BCUT2D eigenvalue weighted by Crippen LogP contribution is -2.54. The molecular formula is C13H21N3O2. The van der Waals surface area contributed by atoms with Crippen molar-refractivity contribution in [1.82, 2.24) is 4.98 Å². The molecule has 18 heavy (non-hydrogen) atoms. The topological polar surface area (TPSA) is 60.6 Å². The summed E-state index contributed by atoms with van der Waals surface area (Å²) in [6, 6.07) is 3.92. The van der Waals surface area contributed by atoms with Gasteiger partial charge in [0, 0.05) is 37.6 Å². The predicted molar refractivity (Wildman–Crippen MR) is 71.0 cm³/mol. The van der Waals surface area contributed by atoms with Gasteiger partial charge in [-0.1, -0.05) is 0 Å². The zero-order valence-corrected chi connectivity index (χ0v) is 11.2. The Hall–Kier alpha value is -1.33. The molecular weight excluding hydrogens is 230 g/mol. The van der Waals surface area contributed by atoms with Crippen molar-refractivity contribution >= 4 is 5.69 Å². The molecule has 0 aromatic carbocycles. The maximum atomic E-state index is 5.92. The van der Waals surface area contributed by atoms with Gasteiger partial charge in [0.15, 0.2) is 0 Å². The summed E-state index contributed by atoms with van der Waals surface area (Å²) in [7, 11) is 1.62. The van der Waals surface area contributed by atoms with Crippen LogP contribution in [0.1, 0.15) is 13.8 Å². The van der Waals surface area contributed by atoms with Crippen LogP contribution in [0.25, 0.3) is 0 Å². The van der Waals surface area contributed by atoms with E-state index in [2.05, 4.69) is 23.7 Å². The lowest BCUT2D eigenvalue weighted by Gasteiger charge is -2.43. The minimum absolute atomic E-state index is 0.0629. The van der Waals surface area contributed by atoms with E-state index in [4.69, 9.17) is 15.2 Å². The first-order valence-corrected chi connectivity index (χ1v) is 6.17. The van der Waals surface area contributed by atoms with Crippen LogP contribution < -0.4 is 15.4 Å². The van der Waals surface area contributed by atoms with Crippen LogP contribution in [-0.4, -0.2) is 43.4 Å². The van der Waals surface area contributed by atoms with Crippen molar-refractivity contribution in [3.63, 3.8) is 0 Å². The second kappa shape index (κ2) is 5.12. The van der Waals surface area contributed by atoms with E-state index < -0.39 is 0 Å². The minimum atomic E-state index is -0.196.